The maximum absolute atomic E-state index is 13.3. The molecule has 0 aliphatic heterocycles. The van der Waals surface area contributed by atoms with Crippen LogP contribution in [0.1, 0.15) is 5.56 Å². The van der Waals surface area contributed by atoms with Crippen molar-refractivity contribution in [3.8, 4) is 0 Å². The zero-order valence-corrected chi connectivity index (χ0v) is 17.7. The number of sulfonamides is 1. The average Bonchev–Trinajstić information content (AvgIpc) is 3.23. The molecule has 31 heavy (non-hydrogen) atoms. The molecule has 2 aromatic carbocycles. The molecule has 0 saturated carbocycles. The Hall–Kier alpha value is -2.63. The molecule has 0 bridgehead atoms. The van der Waals surface area contributed by atoms with Crippen molar-refractivity contribution in [3.05, 3.63) is 76.4 Å². The Kier molecular flexibility index (Phi) is 6.58. The van der Waals surface area contributed by atoms with Gasteiger partial charge in [0.25, 0.3) is 10.0 Å². The first-order chi connectivity index (χ1) is 14.5. The molecular formula is C19H13ClF4N2O3S2. The maximum Gasteiger partial charge on any atom is 0.417 e. The number of nitrogens with zero attached hydrogens (tertiary/aromatic N) is 1. The molecule has 0 aliphatic carbocycles. The van der Waals surface area contributed by atoms with Crippen molar-refractivity contribution in [1.82, 2.24) is 0 Å². The number of carbonyl (C=O) groups is 1. The van der Waals surface area contributed by atoms with Crippen LogP contribution in [0.5, 0.6) is 0 Å². The van der Waals surface area contributed by atoms with Gasteiger partial charge in [-0.15, -0.1) is 11.3 Å². The number of thiophene rings is 1. The van der Waals surface area contributed by atoms with Gasteiger partial charge in [0.05, 0.1) is 16.3 Å². The summed E-state index contributed by atoms with van der Waals surface area (Å²) in [6, 6.07) is 10.0. The van der Waals surface area contributed by atoms with E-state index in [1.54, 1.807) is 0 Å². The molecule has 0 unspecified atom stereocenters. The molecule has 0 atom stereocenters. The number of halogens is 5. The largest absolute Gasteiger partial charge is 0.417 e. The second-order valence-corrected chi connectivity index (χ2v) is 9.60. The first-order valence-electron chi connectivity index (χ1n) is 8.47. The van der Waals surface area contributed by atoms with Gasteiger partial charge in [-0.25, -0.2) is 12.8 Å². The molecule has 3 rings (SSSR count). The van der Waals surface area contributed by atoms with E-state index in [0.717, 1.165) is 39.9 Å². The van der Waals surface area contributed by atoms with Gasteiger partial charge in [0, 0.05) is 5.69 Å². The molecule has 12 heteroatoms. The molecule has 1 heterocycles. The topological polar surface area (TPSA) is 66.5 Å². The summed E-state index contributed by atoms with van der Waals surface area (Å²) in [6.45, 7) is -0.754. The Balaban J connectivity index is 1.90. The Morgan fingerprint density at radius 3 is 2.35 bits per heavy atom. The van der Waals surface area contributed by atoms with E-state index < -0.39 is 45.1 Å². The number of anilines is 2. The summed E-state index contributed by atoms with van der Waals surface area (Å²) in [5, 5.41) is 3.22. The number of hydrogen-bond acceptors (Lipinski definition) is 4. The van der Waals surface area contributed by atoms with Crippen molar-refractivity contribution in [3.63, 3.8) is 0 Å². The zero-order chi connectivity index (χ0) is 22.8. The summed E-state index contributed by atoms with van der Waals surface area (Å²) in [7, 11) is -4.18. The summed E-state index contributed by atoms with van der Waals surface area (Å²) in [5.41, 5.74) is -1.35. The minimum atomic E-state index is -4.74. The van der Waals surface area contributed by atoms with Gasteiger partial charge in [0.1, 0.15) is 16.6 Å². The van der Waals surface area contributed by atoms with E-state index in [0.29, 0.717) is 6.07 Å². The van der Waals surface area contributed by atoms with Gasteiger partial charge in [-0.05, 0) is 53.9 Å². The number of amides is 1. The molecule has 5 nitrogen and oxygen atoms in total. The molecule has 164 valence electrons. The molecule has 0 fully saturated rings. The highest BCUT2D eigenvalue weighted by atomic mass is 35.5. The first-order valence-corrected chi connectivity index (χ1v) is 11.2. The fourth-order valence-electron chi connectivity index (χ4n) is 2.59. The van der Waals surface area contributed by atoms with Crippen molar-refractivity contribution >= 4 is 50.2 Å². The van der Waals surface area contributed by atoms with Crippen molar-refractivity contribution < 1.29 is 30.8 Å². The monoisotopic (exact) mass is 492 g/mol. The van der Waals surface area contributed by atoms with Gasteiger partial charge in [-0.3, -0.25) is 9.10 Å². The van der Waals surface area contributed by atoms with E-state index in [4.69, 9.17) is 11.6 Å². The third-order valence-electron chi connectivity index (χ3n) is 4.00. The van der Waals surface area contributed by atoms with Crippen LogP contribution in [0.25, 0.3) is 0 Å². The normalized spacial score (nSPS) is 11.9. The fraction of sp³-hybridized carbons (Fsp3) is 0.105. The van der Waals surface area contributed by atoms with Crippen molar-refractivity contribution in [2.75, 3.05) is 16.2 Å². The molecule has 3 aromatic rings. The van der Waals surface area contributed by atoms with Gasteiger partial charge >= 0.3 is 6.18 Å². The van der Waals surface area contributed by atoms with Crippen LogP contribution >= 0.6 is 22.9 Å². The number of hydrogen-bond donors (Lipinski definition) is 1. The summed E-state index contributed by atoms with van der Waals surface area (Å²) in [5.74, 6) is -1.51. The highest BCUT2D eigenvalue weighted by Gasteiger charge is 2.34. The third-order valence-corrected chi connectivity index (χ3v) is 7.47. The SMILES string of the molecule is O=C(CN(c1ccc(F)cc1)S(=O)(=O)c1cccs1)Nc1ccc(Cl)c(C(F)(F)F)c1. The molecule has 1 amide bonds. The van der Waals surface area contributed by atoms with Crippen LogP contribution in [-0.2, 0) is 21.0 Å². The number of nitrogens with one attached hydrogen (secondary N) is 1. The molecular weight excluding hydrogens is 480 g/mol. The smallest absolute Gasteiger partial charge is 0.324 e. The van der Waals surface area contributed by atoms with Gasteiger partial charge < -0.3 is 5.32 Å². The number of carbonyl (C=O) groups excluding carboxylic acids is 1. The number of alkyl halides is 3. The summed E-state index contributed by atoms with van der Waals surface area (Å²) in [4.78, 5) is 12.5. The standard InChI is InChI=1S/C19H13ClF4N2O3S2/c20-16-8-5-13(10-15(16)19(22,23)24)25-17(27)11-26(14-6-3-12(21)4-7-14)31(28,29)18-2-1-9-30-18/h1-10H,11H2,(H,25,27). The van der Waals surface area contributed by atoms with E-state index in [1.165, 1.54) is 29.6 Å². The predicted molar refractivity (Wildman–Crippen MR) is 110 cm³/mol. The number of benzene rings is 2. The van der Waals surface area contributed by atoms with E-state index in [9.17, 15) is 30.8 Å². The minimum Gasteiger partial charge on any atom is -0.324 e. The lowest BCUT2D eigenvalue weighted by Gasteiger charge is -2.23. The zero-order valence-electron chi connectivity index (χ0n) is 15.4. The van der Waals surface area contributed by atoms with Gasteiger partial charge in [-0.1, -0.05) is 17.7 Å². The first kappa shape index (κ1) is 23.0. The van der Waals surface area contributed by atoms with E-state index in [1.807, 2.05) is 0 Å². The van der Waals surface area contributed by atoms with Crippen LogP contribution in [0.2, 0.25) is 5.02 Å². The minimum absolute atomic E-state index is 0.0111. The Labute approximate surface area is 183 Å². The van der Waals surface area contributed by atoms with E-state index in [-0.39, 0.29) is 15.6 Å². The lowest BCUT2D eigenvalue weighted by Crippen LogP contribution is -2.37. The van der Waals surface area contributed by atoms with Crippen LogP contribution in [-0.4, -0.2) is 20.9 Å². The molecule has 0 aliphatic rings. The van der Waals surface area contributed by atoms with Crippen LogP contribution in [0, 0.1) is 5.82 Å². The van der Waals surface area contributed by atoms with Gasteiger partial charge in [0.15, 0.2) is 0 Å². The Morgan fingerprint density at radius 2 is 1.77 bits per heavy atom. The molecule has 0 saturated heterocycles. The van der Waals surface area contributed by atoms with Crippen LogP contribution < -0.4 is 9.62 Å². The highest BCUT2D eigenvalue weighted by molar-refractivity contribution is 7.94. The second kappa shape index (κ2) is 8.85. The fourth-order valence-corrected chi connectivity index (χ4v) is 5.34. The van der Waals surface area contributed by atoms with Crippen LogP contribution in [0.15, 0.2) is 64.2 Å². The molecule has 0 spiro atoms. The summed E-state index contributed by atoms with van der Waals surface area (Å²) < 4.78 is 79.0. The highest BCUT2D eigenvalue weighted by Crippen LogP contribution is 2.36. The van der Waals surface area contributed by atoms with Crippen molar-refractivity contribution in [1.29, 1.82) is 0 Å². The second-order valence-electron chi connectivity index (χ2n) is 6.16. The Bertz CT molecular complexity index is 1180. The van der Waals surface area contributed by atoms with Gasteiger partial charge in [0.2, 0.25) is 5.91 Å². The Morgan fingerprint density at radius 1 is 1.10 bits per heavy atom. The quantitative estimate of drug-likeness (QED) is 0.469. The van der Waals surface area contributed by atoms with Gasteiger partial charge in [-0.2, -0.15) is 13.2 Å². The number of rotatable bonds is 6. The predicted octanol–water partition coefficient (Wildman–Crippen LogP) is 5.39. The lowest BCUT2D eigenvalue weighted by atomic mass is 10.2. The van der Waals surface area contributed by atoms with Crippen LogP contribution in [0.3, 0.4) is 0 Å². The average molecular weight is 493 g/mol. The molecule has 1 aromatic heterocycles. The van der Waals surface area contributed by atoms with Crippen molar-refractivity contribution in [2.45, 2.75) is 10.4 Å². The van der Waals surface area contributed by atoms with Crippen LogP contribution in [0.4, 0.5) is 28.9 Å². The third kappa shape index (κ3) is 5.35. The lowest BCUT2D eigenvalue weighted by molar-refractivity contribution is -0.137. The van der Waals surface area contributed by atoms with E-state index >= 15 is 0 Å². The molecule has 0 radical (unpaired) electrons. The maximum atomic E-state index is 13.3. The van der Waals surface area contributed by atoms with E-state index in [2.05, 4.69) is 5.32 Å². The summed E-state index contributed by atoms with van der Waals surface area (Å²) in [6.07, 6.45) is -4.74. The molecule has 1 N–H and O–H groups in total. The van der Waals surface area contributed by atoms with Crippen molar-refractivity contribution in [2.24, 2.45) is 0 Å². The summed E-state index contributed by atoms with van der Waals surface area (Å²) >= 11 is 6.48.